The average Bonchev–Trinajstić information content (AvgIpc) is 3.04. The average molecular weight is 378 g/mol. The van der Waals surface area contributed by atoms with Gasteiger partial charge in [-0.3, -0.25) is 0 Å². The Kier molecular flexibility index (Phi) is 4.21. The summed E-state index contributed by atoms with van der Waals surface area (Å²) in [5, 5.41) is 0.847. The van der Waals surface area contributed by atoms with Gasteiger partial charge in [-0.15, -0.1) is 0 Å². The Morgan fingerprint density at radius 3 is 2.64 bits per heavy atom. The van der Waals surface area contributed by atoms with Gasteiger partial charge < -0.3 is 4.42 Å². The van der Waals surface area contributed by atoms with Crippen LogP contribution in [0.25, 0.3) is 22.7 Å². The summed E-state index contributed by atoms with van der Waals surface area (Å²) in [5.74, 6) is -0.0797. The molecule has 0 bridgehead atoms. The van der Waals surface area contributed by atoms with Crippen molar-refractivity contribution in [3.8, 4) is 11.6 Å². The molecule has 0 radical (unpaired) electrons. The number of oxazole rings is 1. The number of fused-ring (bicyclic) bond motifs is 1. The van der Waals surface area contributed by atoms with Crippen LogP contribution in [-0.4, -0.2) is 32.6 Å². The monoisotopic (exact) mass is 378 g/mol. The summed E-state index contributed by atoms with van der Waals surface area (Å²) in [6.45, 7) is 4.81. The van der Waals surface area contributed by atoms with Crippen molar-refractivity contribution in [2.45, 2.75) is 16.7 Å². The smallest absolute Gasteiger partial charge is 0.247 e. The first-order valence-electron chi connectivity index (χ1n) is 7.25. The van der Waals surface area contributed by atoms with Crippen LogP contribution in [0, 0.1) is 0 Å². The normalized spacial score (nSPS) is 12.4. The molecule has 0 aliphatic carbocycles. The van der Waals surface area contributed by atoms with Crippen molar-refractivity contribution in [2.75, 3.05) is 5.75 Å². The van der Waals surface area contributed by atoms with Crippen molar-refractivity contribution in [1.82, 2.24) is 9.97 Å². The molecule has 1 aromatic carbocycles. The van der Waals surface area contributed by atoms with E-state index in [1.165, 1.54) is 43.5 Å². The highest BCUT2D eigenvalue weighted by Gasteiger charge is 2.22. The third-order valence-corrected chi connectivity index (χ3v) is 6.70. The van der Waals surface area contributed by atoms with Crippen molar-refractivity contribution in [3.05, 3.63) is 48.5 Å². The predicted octanol–water partition coefficient (Wildman–Crippen LogP) is 2.60. The molecule has 7 nitrogen and oxygen atoms in total. The topological polar surface area (TPSA) is 107 Å². The number of benzene rings is 1. The highest BCUT2D eigenvalue weighted by molar-refractivity contribution is 7.94. The van der Waals surface area contributed by atoms with E-state index in [0.717, 1.165) is 5.41 Å². The van der Waals surface area contributed by atoms with E-state index in [2.05, 4.69) is 16.5 Å². The Balaban J connectivity index is 2.21. The van der Waals surface area contributed by atoms with Crippen LogP contribution in [0.2, 0.25) is 0 Å². The molecule has 9 heteroatoms. The molecule has 0 amide bonds. The lowest BCUT2D eigenvalue weighted by atomic mass is 10.3. The molecule has 130 valence electrons. The maximum Gasteiger partial charge on any atom is 0.247 e. The van der Waals surface area contributed by atoms with E-state index < -0.39 is 19.7 Å². The molecular weight excluding hydrogens is 364 g/mol. The van der Waals surface area contributed by atoms with Gasteiger partial charge >= 0.3 is 0 Å². The molecule has 3 aromatic rings. The molecule has 0 spiro atoms. The molecule has 0 unspecified atom stereocenters. The van der Waals surface area contributed by atoms with E-state index in [1.807, 2.05) is 0 Å². The molecule has 0 aliphatic heterocycles. The Morgan fingerprint density at radius 1 is 1.20 bits per heavy atom. The highest BCUT2D eigenvalue weighted by atomic mass is 32.2. The molecule has 2 aromatic heterocycles. The molecule has 25 heavy (non-hydrogen) atoms. The predicted molar refractivity (Wildman–Crippen MR) is 92.3 cm³/mol. The maximum atomic E-state index is 12.2. The first-order valence-corrected chi connectivity index (χ1v) is 10.4. The first kappa shape index (κ1) is 17.3. The Hall–Kier alpha value is -2.52. The van der Waals surface area contributed by atoms with E-state index >= 15 is 0 Å². The minimum atomic E-state index is -3.61. The van der Waals surface area contributed by atoms with E-state index in [9.17, 15) is 16.8 Å². The minimum absolute atomic E-state index is 0.00998. The summed E-state index contributed by atoms with van der Waals surface area (Å²) < 4.78 is 53.8. The Labute approximate surface area is 144 Å². The van der Waals surface area contributed by atoms with E-state index in [0.29, 0.717) is 5.58 Å². The molecule has 2 heterocycles. The third-order valence-electron chi connectivity index (χ3n) is 3.60. The lowest BCUT2D eigenvalue weighted by Gasteiger charge is -2.04. The van der Waals surface area contributed by atoms with E-state index in [1.54, 1.807) is 0 Å². The highest BCUT2D eigenvalue weighted by Crippen LogP contribution is 2.29. The summed E-state index contributed by atoms with van der Waals surface area (Å²) in [6, 6.07) is 7.12. The number of nitrogens with zero attached hydrogens (tertiary/aromatic N) is 2. The van der Waals surface area contributed by atoms with Crippen LogP contribution < -0.4 is 0 Å². The summed E-state index contributed by atoms with van der Waals surface area (Å²) in [6.07, 6.45) is 1.44. The van der Waals surface area contributed by atoms with Gasteiger partial charge in [0.25, 0.3) is 0 Å². The summed E-state index contributed by atoms with van der Waals surface area (Å²) in [4.78, 5) is 8.33. The molecule has 0 atom stereocenters. The van der Waals surface area contributed by atoms with Crippen molar-refractivity contribution < 1.29 is 21.3 Å². The zero-order valence-corrected chi connectivity index (χ0v) is 14.8. The van der Waals surface area contributed by atoms with Gasteiger partial charge in [0.1, 0.15) is 11.2 Å². The fourth-order valence-corrected chi connectivity index (χ4v) is 4.00. The van der Waals surface area contributed by atoms with Gasteiger partial charge in [0.15, 0.2) is 25.3 Å². The number of aromatic nitrogens is 2. The van der Waals surface area contributed by atoms with Crippen molar-refractivity contribution >= 4 is 30.8 Å². The maximum absolute atomic E-state index is 12.2. The Morgan fingerprint density at radius 2 is 1.96 bits per heavy atom. The zero-order chi connectivity index (χ0) is 18.2. The van der Waals surface area contributed by atoms with Crippen LogP contribution in [0.3, 0.4) is 0 Å². The standard InChI is InChI=1S/C16H14N2O5S2/c1-3-24(19,20)11-7-8-13-12(10-11)18-16(23-13)15-14(6-5-9-17-15)25(21,22)4-2/h3,5-10H,1,4H2,2H3. The van der Waals surface area contributed by atoms with Gasteiger partial charge in [0.2, 0.25) is 5.89 Å². The fraction of sp³-hybridized carbons (Fsp3) is 0.125. The SMILES string of the molecule is C=CS(=O)(=O)c1ccc2oc(-c3ncccc3S(=O)(=O)CC)nc2c1. The van der Waals surface area contributed by atoms with Crippen molar-refractivity contribution in [1.29, 1.82) is 0 Å². The second kappa shape index (κ2) is 6.08. The van der Waals surface area contributed by atoms with Gasteiger partial charge in [-0.2, -0.15) is 0 Å². The molecule has 0 saturated carbocycles. The summed E-state index contributed by atoms with van der Waals surface area (Å²) >= 11 is 0. The largest absolute Gasteiger partial charge is 0.435 e. The number of pyridine rings is 1. The van der Waals surface area contributed by atoms with Crippen LogP contribution in [0.15, 0.2) is 62.7 Å². The van der Waals surface area contributed by atoms with Crippen LogP contribution in [-0.2, 0) is 19.7 Å². The quantitative estimate of drug-likeness (QED) is 0.671. The third kappa shape index (κ3) is 3.08. The molecule has 0 fully saturated rings. The molecule has 0 N–H and O–H groups in total. The van der Waals surface area contributed by atoms with Gasteiger partial charge in [-0.1, -0.05) is 13.5 Å². The van der Waals surface area contributed by atoms with E-state index in [-0.39, 0.29) is 32.6 Å². The van der Waals surface area contributed by atoms with Crippen molar-refractivity contribution in [3.63, 3.8) is 0 Å². The van der Waals surface area contributed by atoms with Crippen LogP contribution in [0.1, 0.15) is 6.92 Å². The van der Waals surface area contributed by atoms with E-state index in [4.69, 9.17) is 4.42 Å². The lowest BCUT2D eigenvalue weighted by Crippen LogP contribution is -2.06. The number of rotatable bonds is 5. The molecule has 0 saturated heterocycles. The van der Waals surface area contributed by atoms with Gasteiger partial charge in [-0.25, -0.2) is 26.8 Å². The van der Waals surface area contributed by atoms with Gasteiger partial charge in [-0.05, 0) is 30.3 Å². The second-order valence-corrected chi connectivity index (χ2v) is 9.26. The molecule has 3 rings (SSSR count). The van der Waals surface area contributed by atoms with Gasteiger partial charge in [0.05, 0.1) is 15.5 Å². The molecular formula is C16H14N2O5S2. The number of hydrogen-bond donors (Lipinski definition) is 0. The number of sulfone groups is 2. The minimum Gasteiger partial charge on any atom is -0.435 e. The van der Waals surface area contributed by atoms with Crippen molar-refractivity contribution in [2.24, 2.45) is 0 Å². The summed E-state index contributed by atoms with van der Waals surface area (Å²) in [7, 11) is -7.13. The zero-order valence-electron chi connectivity index (χ0n) is 13.2. The molecule has 0 aliphatic rings. The van der Waals surface area contributed by atoms with Crippen LogP contribution >= 0.6 is 0 Å². The summed E-state index contributed by atoms with van der Waals surface area (Å²) in [5.41, 5.74) is 0.695. The fourth-order valence-electron chi connectivity index (χ4n) is 2.24. The second-order valence-electron chi connectivity index (χ2n) is 5.11. The van der Waals surface area contributed by atoms with Crippen LogP contribution in [0.4, 0.5) is 0 Å². The number of hydrogen-bond acceptors (Lipinski definition) is 7. The lowest BCUT2D eigenvalue weighted by molar-refractivity contribution is 0.592. The van der Waals surface area contributed by atoms with Crippen LogP contribution in [0.5, 0.6) is 0 Å². The van der Waals surface area contributed by atoms with Gasteiger partial charge in [0, 0.05) is 11.6 Å². The first-order chi connectivity index (χ1) is 11.8. The Bertz CT molecular complexity index is 1180.